The van der Waals surface area contributed by atoms with E-state index in [1.165, 1.54) is 0 Å². The maximum atomic E-state index is 12.8. The number of rotatable bonds is 7. The van der Waals surface area contributed by atoms with Gasteiger partial charge in [-0.3, -0.25) is 4.79 Å². The lowest BCUT2D eigenvalue weighted by atomic mass is 10.2. The number of hydrogen-bond donors (Lipinski definition) is 1. The van der Waals surface area contributed by atoms with Crippen molar-refractivity contribution in [1.82, 2.24) is 24.6 Å². The number of carbonyl (C=O) groups is 1. The van der Waals surface area contributed by atoms with E-state index < -0.39 is 0 Å². The Labute approximate surface area is 190 Å². The fourth-order valence-electron chi connectivity index (χ4n) is 3.71. The molecule has 0 spiro atoms. The fraction of sp³-hybridized carbons (Fsp3) is 0.261. The van der Waals surface area contributed by atoms with Crippen molar-refractivity contribution in [1.29, 1.82) is 0 Å². The van der Waals surface area contributed by atoms with Crippen molar-refractivity contribution in [3.05, 3.63) is 81.4 Å². The third-order valence-corrected chi connectivity index (χ3v) is 6.01. The topological polar surface area (TPSA) is 64.7 Å². The minimum Gasteiger partial charge on any atom is -0.352 e. The lowest BCUT2D eigenvalue weighted by molar-refractivity contribution is 0.0952. The summed E-state index contributed by atoms with van der Waals surface area (Å²) < 4.78 is 3.77. The molecule has 0 aliphatic rings. The third kappa shape index (κ3) is 4.45. The standard InChI is InChI=1S/C23H23Cl2N5O/c1-15-21(22(25)30(28-15)14-17-8-3-4-9-18(17)24)23(31)26-12-7-13-29-16(2)27-19-10-5-6-11-20(19)29/h3-6,8-11H,7,12-14H2,1-2H3,(H,26,31). The predicted molar refractivity (Wildman–Crippen MR) is 124 cm³/mol. The van der Waals surface area contributed by atoms with E-state index in [4.69, 9.17) is 23.2 Å². The van der Waals surface area contributed by atoms with Crippen LogP contribution in [0.15, 0.2) is 48.5 Å². The molecule has 0 aliphatic heterocycles. The molecule has 4 aromatic rings. The van der Waals surface area contributed by atoms with Gasteiger partial charge in [0.15, 0.2) is 0 Å². The Bertz CT molecular complexity index is 1240. The van der Waals surface area contributed by atoms with Gasteiger partial charge in [-0.05, 0) is 44.0 Å². The van der Waals surface area contributed by atoms with Gasteiger partial charge < -0.3 is 9.88 Å². The van der Waals surface area contributed by atoms with Gasteiger partial charge in [-0.25, -0.2) is 9.67 Å². The molecule has 0 saturated heterocycles. The molecule has 6 nitrogen and oxygen atoms in total. The summed E-state index contributed by atoms with van der Waals surface area (Å²) in [5, 5.41) is 8.35. The highest BCUT2D eigenvalue weighted by molar-refractivity contribution is 6.33. The average molecular weight is 456 g/mol. The molecule has 1 N–H and O–H groups in total. The highest BCUT2D eigenvalue weighted by Gasteiger charge is 2.20. The van der Waals surface area contributed by atoms with Gasteiger partial charge in [0.25, 0.3) is 5.91 Å². The zero-order chi connectivity index (χ0) is 22.0. The molecule has 2 aromatic heterocycles. The van der Waals surface area contributed by atoms with Crippen LogP contribution in [0.1, 0.15) is 33.9 Å². The lowest BCUT2D eigenvalue weighted by Crippen LogP contribution is -2.26. The molecule has 2 aromatic carbocycles. The summed E-state index contributed by atoms with van der Waals surface area (Å²) in [4.78, 5) is 17.3. The molecular formula is C23H23Cl2N5O. The summed E-state index contributed by atoms with van der Waals surface area (Å²) in [6, 6.07) is 15.6. The van der Waals surface area contributed by atoms with Crippen LogP contribution in [-0.2, 0) is 13.1 Å². The second kappa shape index (κ2) is 9.12. The van der Waals surface area contributed by atoms with Gasteiger partial charge >= 0.3 is 0 Å². The molecule has 0 unspecified atom stereocenters. The Kier molecular flexibility index (Phi) is 6.30. The summed E-state index contributed by atoms with van der Waals surface area (Å²) in [5.41, 5.74) is 3.97. The number of halogens is 2. The molecule has 0 bridgehead atoms. The van der Waals surface area contributed by atoms with Crippen LogP contribution in [0.5, 0.6) is 0 Å². The number of aryl methyl sites for hydroxylation is 3. The highest BCUT2D eigenvalue weighted by Crippen LogP contribution is 2.23. The van der Waals surface area contributed by atoms with E-state index in [1.54, 1.807) is 11.6 Å². The maximum Gasteiger partial charge on any atom is 0.256 e. The van der Waals surface area contributed by atoms with Crippen molar-refractivity contribution in [3.8, 4) is 0 Å². The Morgan fingerprint density at radius 3 is 2.61 bits per heavy atom. The van der Waals surface area contributed by atoms with Crippen molar-refractivity contribution >= 4 is 40.1 Å². The van der Waals surface area contributed by atoms with Crippen molar-refractivity contribution in [2.45, 2.75) is 33.4 Å². The van der Waals surface area contributed by atoms with Gasteiger partial charge in [-0.2, -0.15) is 5.10 Å². The number of para-hydroxylation sites is 2. The first-order valence-corrected chi connectivity index (χ1v) is 10.9. The normalized spacial score (nSPS) is 11.2. The summed E-state index contributed by atoms with van der Waals surface area (Å²) in [6.45, 7) is 5.47. The first kappa shape index (κ1) is 21.4. The molecule has 31 heavy (non-hydrogen) atoms. The Hall–Kier alpha value is -2.83. The Balaban J connectivity index is 1.39. The number of aromatic nitrogens is 4. The van der Waals surface area contributed by atoms with E-state index in [0.29, 0.717) is 34.5 Å². The third-order valence-electron chi connectivity index (χ3n) is 5.26. The fourth-order valence-corrected chi connectivity index (χ4v) is 4.23. The van der Waals surface area contributed by atoms with Gasteiger partial charge in [0.05, 0.1) is 28.8 Å². The molecule has 160 valence electrons. The number of imidazole rings is 1. The van der Waals surface area contributed by atoms with E-state index in [-0.39, 0.29) is 5.91 Å². The molecule has 0 saturated carbocycles. The molecule has 1 amide bonds. The van der Waals surface area contributed by atoms with E-state index >= 15 is 0 Å². The van der Waals surface area contributed by atoms with Crippen molar-refractivity contribution in [2.24, 2.45) is 0 Å². The Morgan fingerprint density at radius 1 is 1.06 bits per heavy atom. The summed E-state index contributed by atoms with van der Waals surface area (Å²) >= 11 is 12.7. The van der Waals surface area contributed by atoms with Crippen LogP contribution in [0.4, 0.5) is 0 Å². The van der Waals surface area contributed by atoms with Crippen molar-refractivity contribution < 1.29 is 4.79 Å². The van der Waals surface area contributed by atoms with Crippen LogP contribution in [0.3, 0.4) is 0 Å². The molecular weight excluding hydrogens is 433 g/mol. The largest absolute Gasteiger partial charge is 0.352 e. The molecule has 4 rings (SSSR count). The van der Waals surface area contributed by atoms with Gasteiger partial charge in [0, 0.05) is 18.1 Å². The number of fused-ring (bicyclic) bond motifs is 1. The number of benzene rings is 2. The second-order valence-corrected chi connectivity index (χ2v) is 8.17. The summed E-state index contributed by atoms with van der Waals surface area (Å²) in [6.07, 6.45) is 0.775. The molecule has 2 heterocycles. The first-order valence-electron chi connectivity index (χ1n) is 10.1. The minimum absolute atomic E-state index is 0.222. The average Bonchev–Trinajstić information content (AvgIpc) is 3.21. The molecule has 8 heteroatoms. The quantitative estimate of drug-likeness (QED) is 0.397. The van der Waals surface area contributed by atoms with Gasteiger partial charge in [-0.1, -0.05) is 53.5 Å². The summed E-state index contributed by atoms with van der Waals surface area (Å²) in [5.74, 6) is 0.743. The lowest BCUT2D eigenvalue weighted by Gasteiger charge is -2.09. The van der Waals surface area contributed by atoms with E-state index in [0.717, 1.165) is 35.4 Å². The van der Waals surface area contributed by atoms with Crippen molar-refractivity contribution in [2.75, 3.05) is 6.54 Å². The number of carbonyl (C=O) groups excluding carboxylic acids is 1. The van der Waals surface area contributed by atoms with Gasteiger partial charge in [0.1, 0.15) is 11.0 Å². The molecule has 0 fully saturated rings. The van der Waals surface area contributed by atoms with Crippen LogP contribution in [-0.4, -0.2) is 31.8 Å². The molecule has 0 radical (unpaired) electrons. The van der Waals surface area contributed by atoms with Gasteiger partial charge in [-0.15, -0.1) is 0 Å². The number of nitrogens with one attached hydrogen (secondary N) is 1. The Morgan fingerprint density at radius 2 is 1.81 bits per heavy atom. The predicted octanol–water partition coefficient (Wildman–Crippen LogP) is 5.02. The first-order chi connectivity index (χ1) is 15.0. The number of amides is 1. The zero-order valence-electron chi connectivity index (χ0n) is 17.4. The number of hydrogen-bond acceptors (Lipinski definition) is 3. The van der Waals surface area contributed by atoms with E-state index in [1.807, 2.05) is 49.4 Å². The van der Waals surface area contributed by atoms with Gasteiger partial charge in [0.2, 0.25) is 0 Å². The SMILES string of the molecule is Cc1nn(Cc2ccccc2Cl)c(Cl)c1C(=O)NCCCn1c(C)nc2ccccc21. The minimum atomic E-state index is -0.222. The second-order valence-electron chi connectivity index (χ2n) is 7.41. The zero-order valence-corrected chi connectivity index (χ0v) is 18.9. The van der Waals surface area contributed by atoms with E-state index in [2.05, 4.69) is 26.0 Å². The summed E-state index contributed by atoms with van der Waals surface area (Å²) in [7, 11) is 0. The van der Waals surface area contributed by atoms with Crippen LogP contribution >= 0.6 is 23.2 Å². The number of nitrogens with zero attached hydrogens (tertiary/aromatic N) is 4. The molecule has 0 atom stereocenters. The maximum absolute atomic E-state index is 12.8. The van der Waals surface area contributed by atoms with Crippen LogP contribution < -0.4 is 5.32 Å². The monoisotopic (exact) mass is 455 g/mol. The molecule has 0 aliphatic carbocycles. The smallest absolute Gasteiger partial charge is 0.256 e. The van der Waals surface area contributed by atoms with Crippen LogP contribution in [0.25, 0.3) is 11.0 Å². The highest BCUT2D eigenvalue weighted by atomic mass is 35.5. The van der Waals surface area contributed by atoms with Crippen molar-refractivity contribution in [3.63, 3.8) is 0 Å². The van der Waals surface area contributed by atoms with Crippen LogP contribution in [0.2, 0.25) is 10.2 Å². The van der Waals surface area contributed by atoms with Crippen LogP contribution in [0, 0.1) is 13.8 Å². The van der Waals surface area contributed by atoms with E-state index in [9.17, 15) is 4.79 Å².